The highest BCUT2D eigenvalue weighted by Gasteiger charge is 2.24. The molecule has 0 spiro atoms. The van der Waals surface area contributed by atoms with Crippen molar-refractivity contribution in [3.05, 3.63) is 52.7 Å². The highest BCUT2D eigenvalue weighted by molar-refractivity contribution is 7.18. The predicted octanol–water partition coefficient (Wildman–Crippen LogP) is 3.99. The molecule has 1 aliphatic rings. The third kappa shape index (κ3) is 3.01. The van der Waals surface area contributed by atoms with Crippen LogP contribution in [-0.2, 0) is 6.54 Å². The number of nitrogens with zero attached hydrogens (tertiary/aromatic N) is 3. The lowest BCUT2D eigenvalue weighted by atomic mass is 10.2. The molecule has 3 aromatic rings. The number of hydrogen-bond donors (Lipinski definition) is 1. The molecule has 3 heterocycles. The summed E-state index contributed by atoms with van der Waals surface area (Å²) in [5, 5.41) is 4.86. The quantitative estimate of drug-likeness (QED) is 0.781. The fraction of sp³-hybridized carbons (Fsp3) is 0.368. The number of benzene rings is 1. The molecule has 1 aromatic carbocycles. The summed E-state index contributed by atoms with van der Waals surface area (Å²) in [6, 6.07) is 11.1. The molecule has 0 saturated carbocycles. The summed E-state index contributed by atoms with van der Waals surface area (Å²) in [5.41, 5.74) is 2.68. The summed E-state index contributed by atoms with van der Waals surface area (Å²) in [7, 11) is 0. The van der Waals surface area contributed by atoms with E-state index in [-0.39, 0.29) is 0 Å². The summed E-state index contributed by atoms with van der Waals surface area (Å²) < 4.78 is 0. The second-order valence-corrected chi connectivity index (χ2v) is 7.74. The van der Waals surface area contributed by atoms with Gasteiger partial charge in [-0.3, -0.25) is 4.90 Å². The van der Waals surface area contributed by atoms with Gasteiger partial charge in [0.1, 0.15) is 17.0 Å². The van der Waals surface area contributed by atoms with Gasteiger partial charge in [0.25, 0.3) is 0 Å². The van der Waals surface area contributed by atoms with E-state index in [4.69, 9.17) is 0 Å². The molecule has 4 rings (SSSR count). The van der Waals surface area contributed by atoms with Gasteiger partial charge in [-0.2, -0.15) is 0 Å². The van der Waals surface area contributed by atoms with Gasteiger partial charge in [0.2, 0.25) is 0 Å². The second-order valence-electron chi connectivity index (χ2n) is 6.54. The first kappa shape index (κ1) is 15.5. The number of likely N-dealkylation sites (tertiary alicyclic amines) is 1. The van der Waals surface area contributed by atoms with Crippen molar-refractivity contribution in [1.82, 2.24) is 14.9 Å². The monoisotopic (exact) mass is 338 g/mol. The Labute approximate surface area is 146 Å². The van der Waals surface area contributed by atoms with Gasteiger partial charge in [0, 0.05) is 30.6 Å². The Morgan fingerprint density at radius 2 is 2.04 bits per heavy atom. The Morgan fingerprint density at radius 1 is 1.21 bits per heavy atom. The van der Waals surface area contributed by atoms with Crippen molar-refractivity contribution in [2.75, 3.05) is 18.4 Å². The van der Waals surface area contributed by atoms with E-state index >= 15 is 0 Å². The molecule has 4 nitrogen and oxygen atoms in total. The van der Waals surface area contributed by atoms with Gasteiger partial charge in [-0.05, 0) is 31.4 Å². The molecule has 0 radical (unpaired) electrons. The Balaban J connectivity index is 1.47. The smallest absolute Gasteiger partial charge is 0.138 e. The Bertz CT molecular complexity index is 843. The van der Waals surface area contributed by atoms with Crippen LogP contribution in [0.15, 0.2) is 36.7 Å². The fourth-order valence-electron chi connectivity index (χ4n) is 3.42. The normalized spacial score (nSPS) is 18.3. The molecule has 24 heavy (non-hydrogen) atoms. The van der Waals surface area contributed by atoms with Crippen molar-refractivity contribution in [3.8, 4) is 0 Å². The van der Waals surface area contributed by atoms with E-state index in [9.17, 15) is 0 Å². The van der Waals surface area contributed by atoms with Crippen LogP contribution in [0, 0.1) is 13.8 Å². The van der Waals surface area contributed by atoms with Crippen LogP contribution >= 0.6 is 11.3 Å². The molecule has 1 fully saturated rings. The van der Waals surface area contributed by atoms with Crippen molar-refractivity contribution in [3.63, 3.8) is 0 Å². The van der Waals surface area contributed by atoms with Crippen LogP contribution in [0.3, 0.4) is 0 Å². The molecule has 0 aliphatic carbocycles. The van der Waals surface area contributed by atoms with Crippen molar-refractivity contribution in [1.29, 1.82) is 0 Å². The first-order valence-electron chi connectivity index (χ1n) is 8.44. The van der Waals surface area contributed by atoms with E-state index in [0.717, 1.165) is 36.7 Å². The van der Waals surface area contributed by atoms with Gasteiger partial charge in [0.05, 0.1) is 5.39 Å². The SMILES string of the molecule is Cc1sc2ncnc(NC3CCN(Cc4ccccc4)C3)c2c1C. The van der Waals surface area contributed by atoms with Crippen molar-refractivity contribution in [2.24, 2.45) is 0 Å². The average molecular weight is 338 g/mol. The lowest BCUT2D eigenvalue weighted by Gasteiger charge is -2.17. The Morgan fingerprint density at radius 3 is 2.88 bits per heavy atom. The van der Waals surface area contributed by atoms with E-state index < -0.39 is 0 Å². The van der Waals surface area contributed by atoms with E-state index in [1.165, 1.54) is 21.4 Å². The zero-order chi connectivity index (χ0) is 16.5. The average Bonchev–Trinajstić information content (AvgIpc) is 3.14. The van der Waals surface area contributed by atoms with Crippen molar-refractivity contribution >= 4 is 27.4 Å². The van der Waals surface area contributed by atoms with E-state index in [2.05, 4.69) is 64.4 Å². The molecule has 1 saturated heterocycles. The zero-order valence-electron chi connectivity index (χ0n) is 14.1. The van der Waals surface area contributed by atoms with E-state index in [0.29, 0.717) is 6.04 Å². The molecule has 2 aromatic heterocycles. The molecule has 0 bridgehead atoms. The zero-order valence-corrected chi connectivity index (χ0v) is 14.9. The lowest BCUT2D eigenvalue weighted by molar-refractivity contribution is 0.328. The van der Waals surface area contributed by atoms with Crippen LogP contribution in [0.25, 0.3) is 10.2 Å². The van der Waals surface area contributed by atoms with Gasteiger partial charge in [-0.15, -0.1) is 11.3 Å². The van der Waals surface area contributed by atoms with Crippen LogP contribution in [0.4, 0.5) is 5.82 Å². The first-order chi connectivity index (χ1) is 11.7. The van der Waals surface area contributed by atoms with Gasteiger partial charge >= 0.3 is 0 Å². The maximum atomic E-state index is 4.52. The molecular formula is C19H22N4S. The van der Waals surface area contributed by atoms with Crippen LogP contribution in [0.1, 0.15) is 22.4 Å². The van der Waals surface area contributed by atoms with Gasteiger partial charge in [0.15, 0.2) is 0 Å². The van der Waals surface area contributed by atoms with Crippen molar-refractivity contribution < 1.29 is 0 Å². The van der Waals surface area contributed by atoms with E-state index in [1.54, 1.807) is 17.7 Å². The highest BCUT2D eigenvalue weighted by atomic mass is 32.1. The van der Waals surface area contributed by atoms with Gasteiger partial charge < -0.3 is 5.32 Å². The molecule has 1 aliphatic heterocycles. The summed E-state index contributed by atoms with van der Waals surface area (Å²) in [5.74, 6) is 0.994. The fourth-order valence-corrected chi connectivity index (χ4v) is 4.42. The second kappa shape index (κ2) is 6.49. The maximum absolute atomic E-state index is 4.52. The molecule has 1 N–H and O–H groups in total. The minimum Gasteiger partial charge on any atom is -0.365 e. The molecular weight excluding hydrogens is 316 g/mol. The number of anilines is 1. The molecule has 1 unspecified atom stereocenters. The van der Waals surface area contributed by atoms with Crippen LogP contribution in [0.2, 0.25) is 0 Å². The number of fused-ring (bicyclic) bond motifs is 1. The Hall–Kier alpha value is -1.98. The third-order valence-corrected chi connectivity index (χ3v) is 5.94. The predicted molar refractivity (Wildman–Crippen MR) is 101 cm³/mol. The number of aryl methyl sites for hydroxylation is 2. The topological polar surface area (TPSA) is 41.1 Å². The Kier molecular flexibility index (Phi) is 4.21. The molecule has 5 heteroatoms. The summed E-state index contributed by atoms with van der Waals surface area (Å²) in [4.78, 5) is 13.9. The minimum absolute atomic E-state index is 0.450. The lowest BCUT2D eigenvalue weighted by Crippen LogP contribution is -2.26. The first-order valence-corrected chi connectivity index (χ1v) is 9.26. The maximum Gasteiger partial charge on any atom is 0.138 e. The van der Waals surface area contributed by atoms with Gasteiger partial charge in [-0.1, -0.05) is 30.3 Å². The van der Waals surface area contributed by atoms with Crippen LogP contribution in [0.5, 0.6) is 0 Å². The number of thiophene rings is 1. The van der Waals surface area contributed by atoms with Crippen molar-refractivity contribution in [2.45, 2.75) is 32.9 Å². The molecule has 124 valence electrons. The summed E-state index contributed by atoms with van der Waals surface area (Å²) >= 11 is 1.75. The largest absolute Gasteiger partial charge is 0.365 e. The standard InChI is InChI=1S/C19H22N4S/c1-13-14(2)24-19-17(13)18(20-12-21-19)22-16-8-9-23(11-16)10-15-6-4-3-5-7-15/h3-7,12,16H,8-11H2,1-2H3,(H,20,21,22). The summed E-state index contributed by atoms with van der Waals surface area (Å²) in [6.07, 6.45) is 2.83. The van der Waals surface area contributed by atoms with Crippen LogP contribution in [-0.4, -0.2) is 34.0 Å². The molecule has 0 amide bonds. The highest BCUT2D eigenvalue weighted by Crippen LogP contribution is 2.33. The molecule has 1 atom stereocenters. The minimum atomic E-state index is 0.450. The number of hydrogen-bond acceptors (Lipinski definition) is 5. The summed E-state index contributed by atoms with van der Waals surface area (Å²) in [6.45, 7) is 7.53. The van der Waals surface area contributed by atoms with Gasteiger partial charge in [-0.25, -0.2) is 9.97 Å². The van der Waals surface area contributed by atoms with Crippen LogP contribution < -0.4 is 5.32 Å². The number of aromatic nitrogens is 2. The van der Waals surface area contributed by atoms with E-state index in [1.807, 2.05) is 0 Å². The third-order valence-electron chi connectivity index (χ3n) is 4.83. The number of nitrogens with one attached hydrogen (secondary N) is 1. The number of rotatable bonds is 4.